The standard InChI is InChI=1S/C28H28N4O6/c1-17-18(2)31-14-13-22-24(27(31)29-17)30-23(19-7-5-4-6-8-19)26(25(22)37-16-15-36-3)38-28(33)20-9-11-21(12-10-20)32(34)35/h4-14,23,25-26,30H,15-16H2,1-3H3/t23-,25+,26-/m1/s1. The summed E-state index contributed by atoms with van der Waals surface area (Å²) >= 11 is 0. The third-order valence-electron chi connectivity index (χ3n) is 6.84. The van der Waals surface area contributed by atoms with E-state index in [0.717, 1.165) is 33.8 Å². The fourth-order valence-electron chi connectivity index (χ4n) is 4.74. The van der Waals surface area contributed by atoms with Crippen LogP contribution in [0.5, 0.6) is 0 Å². The van der Waals surface area contributed by atoms with Gasteiger partial charge < -0.3 is 23.9 Å². The van der Waals surface area contributed by atoms with E-state index in [1.54, 1.807) is 7.11 Å². The Bertz CT molecular complexity index is 1470. The Morgan fingerprint density at radius 1 is 1.08 bits per heavy atom. The van der Waals surface area contributed by atoms with Gasteiger partial charge in [0.1, 0.15) is 6.10 Å². The summed E-state index contributed by atoms with van der Waals surface area (Å²) in [5.41, 5.74) is 5.34. The number of ether oxygens (including phenoxy) is 3. The SMILES string of the molecule is COCCO[C@H]1c2ccn3c(C)c(C)nc3c2N[C@H](c2ccccc2)[C@H]1OC(=O)c1ccc([N+](=O)[O-])cc1. The van der Waals surface area contributed by atoms with E-state index in [0.29, 0.717) is 6.61 Å². The van der Waals surface area contributed by atoms with Crippen molar-refractivity contribution in [2.45, 2.75) is 32.1 Å². The van der Waals surface area contributed by atoms with Gasteiger partial charge >= 0.3 is 5.97 Å². The largest absolute Gasteiger partial charge is 0.453 e. The molecule has 2 aromatic carbocycles. The number of aryl methyl sites for hydroxylation is 2. The molecule has 1 aliphatic rings. The lowest BCUT2D eigenvalue weighted by molar-refractivity contribution is -0.384. The van der Waals surface area contributed by atoms with Crippen molar-refractivity contribution in [3.63, 3.8) is 0 Å². The van der Waals surface area contributed by atoms with Crippen LogP contribution in [-0.2, 0) is 14.2 Å². The fourth-order valence-corrected chi connectivity index (χ4v) is 4.74. The van der Waals surface area contributed by atoms with E-state index in [9.17, 15) is 14.9 Å². The Hall–Kier alpha value is -4.28. The Morgan fingerprint density at radius 3 is 2.50 bits per heavy atom. The van der Waals surface area contributed by atoms with E-state index in [-0.39, 0.29) is 17.9 Å². The molecule has 38 heavy (non-hydrogen) atoms. The van der Waals surface area contributed by atoms with E-state index >= 15 is 0 Å². The molecule has 10 heteroatoms. The van der Waals surface area contributed by atoms with Gasteiger partial charge in [0.15, 0.2) is 11.8 Å². The molecule has 0 aliphatic carbocycles. The van der Waals surface area contributed by atoms with Crippen LogP contribution in [-0.4, -0.2) is 46.7 Å². The molecule has 0 amide bonds. The van der Waals surface area contributed by atoms with E-state index in [1.807, 2.05) is 60.8 Å². The first kappa shape index (κ1) is 25.4. The van der Waals surface area contributed by atoms with E-state index in [2.05, 4.69) is 5.32 Å². The second-order valence-corrected chi connectivity index (χ2v) is 9.11. The second kappa shape index (κ2) is 10.6. The Balaban J connectivity index is 1.59. The summed E-state index contributed by atoms with van der Waals surface area (Å²) < 4.78 is 19.7. The highest BCUT2D eigenvalue weighted by molar-refractivity contribution is 5.90. The van der Waals surface area contributed by atoms with Crippen molar-refractivity contribution in [3.8, 4) is 0 Å². The molecular weight excluding hydrogens is 488 g/mol. The number of rotatable bonds is 8. The number of nitrogens with one attached hydrogen (secondary N) is 1. The summed E-state index contributed by atoms with van der Waals surface area (Å²) in [6.07, 6.45) is 0.551. The van der Waals surface area contributed by atoms with Gasteiger partial charge in [-0.1, -0.05) is 30.3 Å². The van der Waals surface area contributed by atoms with E-state index in [1.165, 1.54) is 24.3 Å². The molecule has 0 spiro atoms. The highest BCUT2D eigenvalue weighted by Gasteiger charge is 2.42. The van der Waals surface area contributed by atoms with Gasteiger partial charge in [0.25, 0.3) is 5.69 Å². The van der Waals surface area contributed by atoms with Crippen LogP contribution in [0.3, 0.4) is 0 Å². The van der Waals surface area contributed by atoms with Gasteiger partial charge in [0, 0.05) is 36.7 Å². The number of nitro benzene ring substituents is 1. The molecule has 10 nitrogen and oxygen atoms in total. The Morgan fingerprint density at radius 2 is 1.82 bits per heavy atom. The fraction of sp³-hybridized carbons (Fsp3) is 0.286. The monoisotopic (exact) mass is 516 g/mol. The molecule has 2 aromatic heterocycles. The normalized spacial score (nSPS) is 18.6. The van der Waals surface area contributed by atoms with Crippen LogP contribution in [0.25, 0.3) is 5.65 Å². The summed E-state index contributed by atoms with van der Waals surface area (Å²) in [7, 11) is 1.60. The maximum absolute atomic E-state index is 13.3. The number of pyridine rings is 1. The van der Waals surface area contributed by atoms with E-state index < -0.39 is 29.1 Å². The number of esters is 1. The van der Waals surface area contributed by atoms with Gasteiger partial charge in [-0.3, -0.25) is 10.1 Å². The lowest BCUT2D eigenvalue weighted by atomic mass is 9.88. The molecule has 0 unspecified atom stereocenters. The molecule has 0 radical (unpaired) electrons. The van der Waals surface area contributed by atoms with Crippen molar-refractivity contribution in [1.29, 1.82) is 0 Å². The topological polar surface area (TPSA) is 117 Å². The van der Waals surface area contributed by atoms with Crippen LogP contribution in [0.4, 0.5) is 11.4 Å². The third-order valence-corrected chi connectivity index (χ3v) is 6.84. The molecule has 196 valence electrons. The van der Waals surface area contributed by atoms with Crippen LogP contribution in [0.15, 0.2) is 66.9 Å². The number of carbonyl (C=O) groups excluding carboxylic acids is 1. The van der Waals surface area contributed by atoms with Crippen molar-refractivity contribution in [3.05, 3.63) is 105 Å². The summed E-state index contributed by atoms with van der Waals surface area (Å²) in [5, 5.41) is 14.6. The predicted molar refractivity (Wildman–Crippen MR) is 140 cm³/mol. The van der Waals surface area contributed by atoms with Crippen LogP contribution in [0.2, 0.25) is 0 Å². The number of methoxy groups -OCH3 is 1. The number of imidazole rings is 1. The number of nitro groups is 1. The van der Waals surface area contributed by atoms with Crippen molar-refractivity contribution >= 4 is 23.0 Å². The van der Waals surface area contributed by atoms with Crippen LogP contribution in [0.1, 0.15) is 45.0 Å². The lowest BCUT2D eigenvalue weighted by Crippen LogP contribution is -2.41. The molecule has 0 fully saturated rings. The zero-order valence-corrected chi connectivity index (χ0v) is 21.3. The molecule has 0 saturated carbocycles. The number of hydrogen-bond donors (Lipinski definition) is 1. The van der Waals surface area contributed by atoms with Crippen molar-refractivity contribution < 1.29 is 23.9 Å². The van der Waals surface area contributed by atoms with Gasteiger partial charge in [-0.05, 0) is 37.6 Å². The first-order valence-electron chi connectivity index (χ1n) is 12.2. The summed E-state index contributed by atoms with van der Waals surface area (Å²) in [5.74, 6) is -0.606. The smallest absolute Gasteiger partial charge is 0.338 e. The number of non-ortho nitro benzene ring substituents is 1. The zero-order valence-electron chi connectivity index (χ0n) is 21.3. The summed E-state index contributed by atoms with van der Waals surface area (Å²) in [6, 6.07) is 16.5. The highest BCUT2D eigenvalue weighted by Crippen LogP contribution is 2.44. The molecule has 0 bridgehead atoms. The highest BCUT2D eigenvalue weighted by atomic mass is 16.6. The average Bonchev–Trinajstić information content (AvgIpc) is 3.23. The third kappa shape index (κ3) is 4.71. The van der Waals surface area contributed by atoms with Gasteiger partial charge in [-0.15, -0.1) is 0 Å². The first-order chi connectivity index (χ1) is 18.4. The molecule has 3 heterocycles. The first-order valence-corrected chi connectivity index (χ1v) is 12.2. The molecule has 0 saturated heterocycles. The van der Waals surface area contributed by atoms with Gasteiger partial charge in [0.05, 0.1) is 41.1 Å². The summed E-state index contributed by atoms with van der Waals surface area (Å²) in [4.78, 5) is 28.6. The number of aromatic nitrogens is 2. The van der Waals surface area contributed by atoms with Crippen LogP contribution in [0, 0.1) is 24.0 Å². The van der Waals surface area contributed by atoms with Crippen molar-refractivity contribution in [1.82, 2.24) is 9.38 Å². The van der Waals surface area contributed by atoms with Crippen LogP contribution >= 0.6 is 0 Å². The minimum absolute atomic E-state index is 0.105. The van der Waals surface area contributed by atoms with Gasteiger partial charge in [-0.2, -0.15) is 0 Å². The number of nitrogens with zero attached hydrogens (tertiary/aromatic N) is 3. The second-order valence-electron chi connectivity index (χ2n) is 9.11. The van der Waals surface area contributed by atoms with E-state index in [4.69, 9.17) is 19.2 Å². The van der Waals surface area contributed by atoms with Crippen LogP contribution < -0.4 is 5.32 Å². The van der Waals surface area contributed by atoms with Gasteiger partial charge in [-0.25, -0.2) is 9.78 Å². The average molecular weight is 517 g/mol. The number of benzene rings is 2. The summed E-state index contributed by atoms with van der Waals surface area (Å²) in [6.45, 7) is 4.63. The molecule has 3 atom stereocenters. The predicted octanol–water partition coefficient (Wildman–Crippen LogP) is 4.96. The zero-order chi connectivity index (χ0) is 26.8. The number of carbonyl (C=O) groups is 1. The van der Waals surface area contributed by atoms with Crippen molar-refractivity contribution in [2.24, 2.45) is 0 Å². The minimum atomic E-state index is -0.760. The molecule has 5 rings (SSSR count). The Labute approximate surface area is 219 Å². The van der Waals surface area contributed by atoms with Crippen molar-refractivity contribution in [2.75, 3.05) is 25.6 Å². The lowest BCUT2D eigenvalue weighted by Gasteiger charge is -2.40. The maximum Gasteiger partial charge on any atom is 0.338 e. The molecular formula is C28H28N4O6. The quantitative estimate of drug-likeness (QED) is 0.151. The molecule has 1 aliphatic heterocycles. The number of hydrogen-bond acceptors (Lipinski definition) is 8. The Kier molecular flexibility index (Phi) is 7.08. The molecule has 4 aromatic rings. The minimum Gasteiger partial charge on any atom is -0.453 e. The maximum atomic E-state index is 13.3. The molecule has 1 N–H and O–H groups in total. The number of anilines is 1. The van der Waals surface area contributed by atoms with Gasteiger partial charge in [0.2, 0.25) is 0 Å². The number of fused-ring (bicyclic) bond motifs is 3.